The molecule has 5 aromatic rings. The maximum atomic E-state index is 12.1. The number of fused-ring (bicyclic) bond motifs is 3. The Kier molecular flexibility index (Phi) is 5.62. The van der Waals surface area contributed by atoms with Gasteiger partial charge in [-0.05, 0) is 61.0 Å². The van der Waals surface area contributed by atoms with Crippen LogP contribution in [0.1, 0.15) is 5.56 Å². The molecule has 1 N–H and O–H groups in total. The average Bonchev–Trinajstić information content (AvgIpc) is 3.49. The summed E-state index contributed by atoms with van der Waals surface area (Å²) in [4.78, 5) is 34.5. The number of hydrogen-bond donors (Lipinski definition) is 1. The van der Waals surface area contributed by atoms with Gasteiger partial charge < -0.3 is 24.4 Å². The molecule has 10 nitrogen and oxygen atoms in total. The topological polar surface area (TPSA) is 101 Å². The second kappa shape index (κ2) is 9.33. The smallest absolute Gasteiger partial charge is 0.246 e. The Morgan fingerprint density at radius 2 is 1.95 bits per heavy atom. The third-order valence-corrected chi connectivity index (χ3v) is 7.85. The fraction of sp³-hybridized carbons (Fsp3) is 0.233. The molecular formula is C30H28N8O2. The molecule has 2 aliphatic rings. The Hall–Kier alpha value is -4.99. The molecule has 200 valence electrons. The number of aryl methyl sites for hydroxylation is 2. The van der Waals surface area contributed by atoms with Crippen molar-refractivity contribution in [3.63, 3.8) is 0 Å². The van der Waals surface area contributed by atoms with Crippen LogP contribution in [0.3, 0.4) is 0 Å². The lowest BCUT2D eigenvalue weighted by Crippen LogP contribution is -2.57. The van der Waals surface area contributed by atoms with Gasteiger partial charge in [-0.3, -0.25) is 4.79 Å². The molecule has 5 heterocycles. The number of imidazole rings is 1. The number of amides is 1. The van der Waals surface area contributed by atoms with Gasteiger partial charge in [0.1, 0.15) is 29.2 Å². The van der Waals surface area contributed by atoms with Crippen molar-refractivity contribution in [1.82, 2.24) is 29.4 Å². The van der Waals surface area contributed by atoms with E-state index in [0.717, 1.165) is 64.8 Å². The van der Waals surface area contributed by atoms with Gasteiger partial charge in [-0.25, -0.2) is 19.9 Å². The SMILES string of the molecule is C=CC(=O)N1C[C@H]2CN(c3ccc4ncnc(Nc5ccc(Oc6ccc7c(c6)ncn7C)c(C)c5)c4n3)C[C@H]21. The fourth-order valence-electron chi connectivity index (χ4n) is 5.68. The number of aromatic nitrogens is 5. The zero-order chi connectivity index (χ0) is 27.4. The van der Waals surface area contributed by atoms with Crippen LogP contribution in [-0.4, -0.2) is 61.0 Å². The first kappa shape index (κ1) is 24.1. The maximum absolute atomic E-state index is 12.1. The van der Waals surface area contributed by atoms with Crippen molar-refractivity contribution in [3.8, 4) is 11.5 Å². The first-order valence-electron chi connectivity index (χ1n) is 13.2. The van der Waals surface area contributed by atoms with Gasteiger partial charge in [-0.15, -0.1) is 0 Å². The molecule has 2 saturated heterocycles. The molecule has 0 spiro atoms. The van der Waals surface area contributed by atoms with Gasteiger partial charge in [0.25, 0.3) is 0 Å². The van der Waals surface area contributed by atoms with E-state index in [1.807, 2.05) is 72.0 Å². The normalized spacial score (nSPS) is 18.1. The van der Waals surface area contributed by atoms with Crippen LogP contribution in [-0.2, 0) is 11.8 Å². The Morgan fingerprint density at radius 3 is 2.80 bits per heavy atom. The summed E-state index contributed by atoms with van der Waals surface area (Å²) in [6.07, 6.45) is 4.73. The number of rotatable bonds is 6. The van der Waals surface area contributed by atoms with Crippen molar-refractivity contribution in [2.45, 2.75) is 13.0 Å². The summed E-state index contributed by atoms with van der Waals surface area (Å²) < 4.78 is 8.16. The molecule has 2 aliphatic heterocycles. The molecule has 40 heavy (non-hydrogen) atoms. The number of benzene rings is 2. The number of nitrogens with one attached hydrogen (secondary N) is 1. The predicted molar refractivity (Wildman–Crippen MR) is 154 cm³/mol. The van der Waals surface area contributed by atoms with Crippen molar-refractivity contribution in [2.24, 2.45) is 13.0 Å². The molecule has 2 fully saturated rings. The predicted octanol–water partition coefficient (Wildman–Crippen LogP) is 4.59. The van der Waals surface area contributed by atoms with E-state index >= 15 is 0 Å². The minimum Gasteiger partial charge on any atom is -0.457 e. The Labute approximate surface area is 230 Å². The standard InChI is InChI=1S/C30H28N8O2/c1-4-28(39)38-14-19-13-37(15-25(19)38)27-10-7-22-29(35-27)30(32-16-31-22)34-20-5-9-26(18(2)11-20)40-21-6-8-24-23(12-21)33-17-36(24)3/h4-12,16-17,19,25H,1,13-15H2,2-3H3,(H,31,32,34)/t19-,25-/m1/s1. The van der Waals surface area contributed by atoms with Crippen LogP contribution >= 0.6 is 0 Å². The van der Waals surface area contributed by atoms with Crippen molar-refractivity contribution in [3.05, 3.63) is 79.4 Å². The molecule has 0 aliphatic carbocycles. The molecule has 10 heteroatoms. The van der Waals surface area contributed by atoms with Crippen LogP contribution in [0.15, 0.2) is 73.8 Å². The summed E-state index contributed by atoms with van der Waals surface area (Å²) in [6.45, 7) is 8.03. The lowest BCUT2D eigenvalue weighted by molar-refractivity contribution is -0.135. The lowest BCUT2D eigenvalue weighted by Gasteiger charge is -2.42. The van der Waals surface area contributed by atoms with Crippen LogP contribution in [0.25, 0.3) is 22.1 Å². The number of anilines is 3. The molecule has 7 rings (SSSR count). The highest BCUT2D eigenvalue weighted by Gasteiger charge is 2.47. The van der Waals surface area contributed by atoms with Crippen molar-refractivity contribution in [2.75, 3.05) is 29.9 Å². The van der Waals surface area contributed by atoms with Crippen LogP contribution in [0.4, 0.5) is 17.3 Å². The third kappa shape index (κ3) is 4.08. The van der Waals surface area contributed by atoms with E-state index in [1.54, 1.807) is 12.7 Å². The van der Waals surface area contributed by atoms with Crippen LogP contribution < -0.4 is 15.0 Å². The number of hydrogen-bond acceptors (Lipinski definition) is 8. The van der Waals surface area contributed by atoms with Crippen LogP contribution in [0.2, 0.25) is 0 Å². The zero-order valence-corrected chi connectivity index (χ0v) is 22.3. The van der Waals surface area contributed by atoms with E-state index in [-0.39, 0.29) is 11.9 Å². The van der Waals surface area contributed by atoms with Gasteiger partial charge in [0.05, 0.1) is 28.9 Å². The second-order valence-corrected chi connectivity index (χ2v) is 10.4. The van der Waals surface area contributed by atoms with E-state index in [2.05, 4.69) is 31.7 Å². The molecule has 0 radical (unpaired) electrons. The van der Waals surface area contributed by atoms with Crippen LogP contribution in [0.5, 0.6) is 11.5 Å². The van der Waals surface area contributed by atoms with Gasteiger partial charge >= 0.3 is 0 Å². The quantitative estimate of drug-likeness (QED) is 0.317. The van der Waals surface area contributed by atoms with Gasteiger partial charge in [0.15, 0.2) is 5.82 Å². The number of pyridine rings is 1. The number of likely N-dealkylation sites (tertiary alicyclic amines) is 1. The molecule has 3 aromatic heterocycles. The summed E-state index contributed by atoms with van der Waals surface area (Å²) >= 11 is 0. The first-order chi connectivity index (χ1) is 19.5. The summed E-state index contributed by atoms with van der Waals surface area (Å²) in [7, 11) is 1.97. The van der Waals surface area contributed by atoms with E-state index in [4.69, 9.17) is 9.72 Å². The third-order valence-electron chi connectivity index (χ3n) is 7.85. The van der Waals surface area contributed by atoms with Crippen molar-refractivity contribution < 1.29 is 9.53 Å². The second-order valence-electron chi connectivity index (χ2n) is 10.4. The van der Waals surface area contributed by atoms with E-state index in [9.17, 15) is 4.79 Å². The summed E-state index contributed by atoms with van der Waals surface area (Å²) in [5.74, 6) is 3.44. The number of carbonyl (C=O) groups is 1. The molecule has 0 bridgehead atoms. The zero-order valence-electron chi connectivity index (χ0n) is 22.3. The Bertz CT molecular complexity index is 1800. The summed E-state index contributed by atoms with van der Waals surface area (Å²) in [6, 6.07) is 16.0. The lowest BCUT2D eigenvalue weighted by atomic mass is 9.92. The van der Waals surface area contributed by atoms with E-state index < -0.39 is 0 Å². The first-order valence-corrected chi connectivity index (χ1v) is 13.2. The Balaban J connectivity index is 1.11. The van der Waals surface area contributed by atoms with E-state index in [1.165, 1.54) is 6.08 Å². The minimum absolute atomic E-state index is 0.00422. The average molecular weight is 533 g/mol. The monoisotopic (exact) mass is 532 g/mol. The fourth-order valence-corrected chi connectivity index (χ4v) is 5.68. The van der Waals surface area contributed by atoms with Gasteiger partial charge in [-0.1, -0.05) is 6.58 Å². The molecular weight excluding hydrogens is 504 g/mol. The van der Waals surface area contributed by atoms with E-state index in [0.29, 0.717) is 17.3 Å². The highest BCUT2D eigenvalue weighted by molar-refractivity contribution is 5.89. The summed E-state index contributed by atoms with van der Waals surface area (Å²) in [5.41, 5.74) is 5.25. The highest BCUT2D eigenvalue weighted by Crippen LogP contribution is 2.36. The number of nitrogens with zero attached hydrogens (tertiary/aromatic N) is 7. The molecule has 0 unspecified atom stereocenters. The number of carbonyl (C=O) groups excluding carboxylic acids is 1. The molecule has 0 saturated carbocycles. The molecule has 2 atom stereocenters. The van der Waals surface area contributed by atoms with Crippen LogP contribution in [0, 0.1) is 12.8 Å². The largest absolute Gasteiger partial charge is 0.457 e. The maximum Gasteiger partial charge on any atom is 0.246 e. The van der Waals surface area contributed by atoms with Gasteiger partial charge in [0, 0.05) is 44.4 Å². The Morgan fingerprint density at radius 1 is 1.05 bits per heavy atom. The van der Waals surface area contributed by atoms with Crippen molar-refractivity contribution in [1.29, 1.82) is 0 Å². The molecule has 1 amide bonds. The van der Waals surface area contributed by atoms with Gasteiger partial charge in [0.2, 0.25) is 5.91 Å². The number of ether oxygens (including phenoxy) is 1. The van der Waals surface area contributed by atoms with Crippen molar-refractivity contribution >= 4 is 45.3 Å². The summed E-state index contributed by atoms with van der Waals surface area (Å²) in [5, 5.41) is 3.42. The molecule has 2 aromatic carbocycles. The van der Waals surface area contributed by atoms with Gasteiger partial charge in [-0.2, -0.15) is 0 Å². The highest BCUT2D eigenvalue weighted by atomic mass is 16.5. The minimum atomic E-state index is -0.00422.